The van der Waals surface area contributed by atoms with Crippen LogP contribution in [-0.2, 0) is 52.4 Å². The van der Waals surface area contributed by atoms with Gasteiger partial charge in [0.2, 0.25) is 0 Å². The molecule has 0 aliphatic heterocycles. The van der Waals surface area contributed by atoms with Crippen LogP contribution in [0.1, 0.15) is 146 Å². The largest absolute Gasteiger partial charge is 0.466 e. The van der Waals surface area contributed by atoms with Crippen molar-refractivity contribution in [3.63, 3.8) is 0 Å². The van der Waals surface area contributed by atoms with Gasteiger partial charge in [-0.2, -0.15) is 0 Å². The number of carbonyl (C=O) groups is 5. The van der Waals surface area contributed by atoms with Crippen LogP contribution in [0.4, 0.5) is 0 Å². The Balaban J connectivity index is -0.000000247. The molecule has 0 spiro atoms. The van der Waals surface area contributed by atoms with Gasteiger partial charge in [0.15, 0.2) is 0 Å². The number of esters is 5. The van der Waals surface area contributed by atoms with Crippen LogP contribution in [0.25, 0.3) is 0 Å². The predicted molar refractivity (Wildman–Crippen MR) is 259 cm³/mol. The summed E-state index contributed by atoms with van der Waals surface area (Å²) in [6, 6.07) is 0. The average molecular weight is 896 g/mol. The highest BCUT2D eigenvalue weighted by Gasteiger charge is 2.16. The Morgan fingerprint density at radius 2 is 0.921 bits per heavy atom. The third-order valence-electron chi connectivity index (χ3n) is 9.28. The maximum absolute atomic E-state index is 11.7. The summed E-state index contributed by atoms with van der Waals surface area (Å²) >= 11 is 0. The average Bonchev–Trinajstić information content (AvgIpc) is 3.22. The summed E-state index contributed by atoms with van der Waals surface area (Å²) in [4.78, 5) is 55.7. The molecule has 0 rings (SSSR count). The molecule has 12 heteroatoms. The van der Waals surface area contributed by atoms with Crippen LogP contribution in [0.15, 0.2) is 60.8 Å². The lowest BCUT2D eigenvalue weighted by Gasteiger charge is -2.17. The molecule has 0 saturated carbocycles. The van der Waals surface area contributed by atoms with E-state index in [2.05, 4.69) is 86.5 Å². The lowest BCUT2D eigenvalue weighted by molar-refractivity contribution is -0.139. The van der Waals surface area contributed by atoms with Crippen LogP contribution >= 0.6 is 0 Å². The SMILES string of the molecule is C=C(C(=O)OCC)C(C)CCCC(C)CCCC(C)CCCC(C)C.C=C(C)C(=O)OC.C=C(C)C(=O)OCC.C=C(CCCCCOC)C(=O)OC.C=C(CN(C)C)C(=O)OC. The second kappa shape index (κ2) is 46.0. The van der Waals surface area contributed by atoms with Crippen LogP contribution in [-0.4, -0.2) is 104 Å². The zero-order chi connectivity index (χ0) is 49.9. The normalized spacial score (nSPS) is 11.4. The fourth-order valence-corrected chi connectivity index (χ4v) is 5.38. The van der Waals surface area contributed by atoms with Crippen molar-refractivity contribution >= 4 is 29.8 Å². The lowest BCUT2D eigenvalue weighted by Crippen LogP contribution is -2.19. The van der Waals surface area contributed by atoms with Crippen molar-refractivity contribution in [3.8, 4) is 0 Å². The lowest BCUT2D eigenvalue weighted by atomic mass is 9.90. The summed E-state index contributed by atoms with van der Waals surface area (Å²) < 4.78 is 27.7. The van der Waals surface area contributed by atoms with Crippen molar-refractivity contribution in [2.24, 2.45) is 23.7 Å². The third-order valence-corrected chi connectivity index (χ3v) is 9.28. The molecule has 12 nitrogen and oxygen atoms in total. The first-order valence-electron chi connectivity index (χ1n) is 22.5. The predicted octanol–water partition coefficient (Wildman–Crippen LogP) is 11.2. The molecule has 0 saturated heterocycles. The molecule has 0 amide bonds. The van der Waals surface area contributed by atoms with E-state index in [1.54, 1.807) is 27.9 Å². The molecule has 0 aliphatic carbocycles. The molecule has 0 aliphatic rings. The standard InChI is InChI=1S/C23H44O2.C10H18O3.C7H13NO2.C6H10O2.C5H8O2/c1-8-25-23(24)22(7)21(6)17-11-16-20(5)15-10-14-19(4)13-9-12-18(2)3;1-9(10(11)13-3)7-5-4-6-8-12-2;1-6(5-8(2)3)7(9)10-4;1-4-8-6(7)5(2)3;1-4(2)5(6)7-3/h18-21H,7-17H2,1-6H3;1,4-8H2,2-3H3;1,5H2,2-4H3;2,4H2,1,3H3;1H2,2-3H3. The number of hydrogen-bond donors (Lipinski definition) is 0. The quantitative estimate of drug-likeness (QED) is 0.0319. The van der Waals surface area contributed by atoms with Gasteiger partial charge in [-0.15, -0.1) is 0 Å². The minimum atomic E-state index is -0.347. The monoisotopic (exact) mass is 896 g/mol. The van der Waals surface area contributed by atoms with Crippen LogP contribution in [0.2, 0.25) is 0 Å². The van der Waals surface area contributed by atoms with Gasteiger partial charge in [-0.1, -0.05) is 125 Å². The smallest absolute Gasteiger partial charge is 0.334 e. The fourth-order valence-electron chi connectivity index (χ4n) is 5.38. The van der Waals surface area contributed by atoms with Crippen LogP contribution in [0, 0.1) is 23.7 Å². The van der Waals surface area contributed by atoms with Gasteiger partial charge < -0.3 is 33.3 Å². The van der Waals surface area contributed by atoms with E-state index in [1.807, 2.05) is 25.9 Å². The summed E-state index contributed by atoms with van der Waals surface area (Å²) in [6.07, 6.45) is 15.4. The van der Waals surface area contributed by atoms with Gasteiger partial charge in [0.25, 0.3) is 0 Å². The van der Waals surface area contributed by atoms with E-state index in [-0.39, 0.29) is 35.8 Å². The first-order chi connectivity index (χ1) is 29.4. The Kier molecular flexibility index (Phi) is 49.7. The highest BCUT2D eigenvalue weighted by atomic mass is 16.5. The van der Waals surface area contributed by atoms with E-state index >= 15 is 0 Å². The number of hydrogen-bond acceptors (Lipinski definition) is 12. The van der Waals surface area contributed by atoms with E-state index in [9.17, 15) is 24.0 Å². The number of rotatable bonds is 28. The van der Waals surface area contributed by atoms with E-state index in [1.165, 1.54) is 72.7 Å². The summed E-state index contributed by atoms with van der Waals surface area (Å²) in [5.74, 6) is 1.20. The molecule has 0 aromatic heterocycles. The maximum atomic E-state index is 11.7. The Morgan fingerprint density at radius 3 is 1.27 bits per heavy atom. The van der Waals surface area contributed by atoms with Crippen molar-refractivity contribution in [2.45, 2.75) is 146 Å². The number of methoxy groups -OCH3 is 4. The van der Waals surface area contributed by atoms with E-state index in [0.717, 1.165) is 56.5 Å². The number of nitrogens with zero attached hydrogens (tertiary/aromatic N) is 1. The number of likely N-dealkylation sites (N-methyl/N-ethyl adjacent to an activating group) is 1. The highest BCUT2D eigenvalue weighted by Crippen LogP contribution is 2.24. The molecule has 63 heavy (non-hydrogen) atoms. The Labute approximate surface area is 385 Å². The van der Waals surface area contributed by atoms with E-state index < -0.39 is 0 Å². The van der Waals surface area contributed by atoms with Gasteiger partial charge in [-0.3, -0.25) is 0 Å². The molecular weight excluding hydrogens is 803 g/mol. The van der Waals surface area contributed by atoms with Crippen molar-refractivity contribution < 1.29 is 52.4 Å². The summed E-state index contributed by atoms with van der Waals surface area (Å²) in [5.41, 5.74) is 2.55. The van der Waals surface area contributed by atoms with Gasteiger partial charge in [-0.05, 0) is 91.1 Å². The molecule has 3 atom stereocenters. The molecule has 368 valence electrons. The maximum Gasteiger partial charge on any atom is 0.334 e. The van der Waals surface area contributed by atoms with Gasteiger partial charge >= 0.3 is 29.8 Å². The minimum Gasteiger partial charge on any atom is -0.466 e. The Hall–Kier alpha value is -4.03. The van der Waals surface area contributed by atoms with Gasteiger partial charge in [0, 0.05) is 48.1 Å². The molecule has 0 heterocycles. The molecule has 0 fully saturated rings. The number of carbonyl (C=O) groups excluding carboxylic acids is 5. The number of unbranched alkanes of at least 4 members (excludes halogenated alkanes) is 2. The highest BCUT2D eigenvalue weighted by molar-refractivity contribution is 5.89. The molecule has 0 aromatic rings. The van der Waals surface area contributed by atoms with Gasteiger partial charge in [0.1, 0.15) is 0 Å². The zero-order valence-corrected chi connectivity index (χ0v) is 42.8. The summed E-state index contributed by atoms with van der Waals surface area (Å²) in [7, 11) is 9.48. The summed E-state index contributed by atoms with van der Waals surface area (Å²) in [5, 5.41) is 0. The molecule has 0 N–H and O–H groups in total. The summed E-state index contributed by atoms with van der Waals surface area (Å²) in [6.45, 7) is 38.3. The molecule has 0 radical (unpaired) electrons. The van der Waals surface area contributed by atoms with Crippen LogP contribution < -0.4 is 0 Å². The first kappa shape index (κ1) is 68.0. The van der Waals surface area contributed by atoms with Gasteiger partial charge in [0.05, 0.1) is 34.5 Å². The third kappa shape index (κ3) is 48.9. The Morgan fingerprint density at radius 1 is 0.508 bits per heavy atom. The fraction of sp³-hybridized carbons (Fsp3) is 0.706. The second-order valence-electron chi connectivity index (χ2n) is 16.5. The minimum absolute atomic E-state index is 0.227. The van der Waals surface area contributed by atoms with Crippen LogP contribution in [0.3, 0.4) is 0 Å². The van der Waals surface area contributed by atoms with Crippen LogP contribution in [0.5, 0.6) is 0 Å². The van der Waals surface area contributed by atoms with Gasteiger partial charge in [-0.25, -0.2) is 24.0 Å². The Bertz CT molecular complexity index is 1300. The van der Waals surface area contributed by atoms with E-state index in [0.29, 0.717) is 47.6 Å². The molecule has 3 unspecified atom stereocenters. The van der Waals surface area contributed by atoms with Crippen molar-refractivity contribution in [3.05, 3.63) is 60.8 Å². The van der Waals surface area contributed by atoms with E-state index in [4.69, 9.17) is 9.47 Å². The topological polar surface area (TPSA) is 144 Å². The van der Waals surface area contributed by atoms with Crippen molar-refractivity contribution in [1.82, 2.24) is 4.90 Å². The zero-order valence-electron chi connectivity index (χ0n) is 42.8. The molecule has 0 bridgehead atoms. The van der Waals surface area contributed by atoms with Crippen molar-refractivity contribution in [1.29, 1.82) is 0 Å². The number of ether oxygens (including phenoxy) is 6. The first-order valence-corrected chi connectivity index (χ1v) is 22.5. The van der Waals surface area contributed by atoms with Crippen molar-refractivity contribution in [2.75, 3.05) is 68.9 Å². The molecule has 0 aromatic carbocycles. The molecular formula is C51H93NO11. The second-order valence-corrected chi connectivity index (χ2v) is 16.5.